The molecule has 2 amide bonds. The highest BCUT2D eigenvalue weighted by molar-refractivity contribution is 7.89. The second-order valence-electron chi connectivity index (χ2n) is 5.84. The van der Waals surface area contributed by atoms with Crippen molar-refractivity contribution in [3.05, 3.63) is 29.8 Å². The van der Waals surface area contributed by atoms with E-state index in [0.717, 1.165) is 22.7 Å². The van der Waals surface area contributed by atoms with Gasteiger partial charge in [0, 0.05) is 12.5 Å². The fourth-order valence-corrected chi connectivity index (χ4v) is 4.15. The monoisotopic (exact) mass is 322 g/mol. The van der Waals surface area contributed by atoms with Crippen LogP contribution < -0.4 is 5.32 Å². The van der Waals surface area contributed by atoms with Crippen LogP contribution in [0.15, 0.2) is 29.2 Å². The zero-order valence-corrected chi connectivity index (χ0v) is 13.1. The van der Waals surface area contributed by atoms with Crippen molar-refractivity contribution in [1.82, 2.24) is 9.62 Å². The molecular formula is C15H18N2O4S. The van der Waals surface area contributed by atoms with E-state index in [1.54, 1.807) is 12.1 Å². The van der Waals surface area contributed by atoms with E-state index in [0.29, 0.717) is 0 Å². The van der Waals surface area contributed by atoms with Gasteiger partial charge in [-0.3, -0.25) is 9.59 Å². The zero-order chi connectivity index (χ0) is 15.9. The number of rotatable bonds is 4. The molecule has 3 rings (SSSR count). The molecule has 0 aromatic heterocycles. The van der Waals surface area contributed by atoms with Gasteiger partial charge in [-0.15, -0.1) is 0 Å². The summed E-state index contributed by atoms with van der Waals surface area (Å²) in [6.07, 6.45) is 2.14. The summed E-state index contributed by atoms with van der Waals surface area (Å²) in [7, 11) is -3.99. The highest BCUT2D eigenvalue weighted by Gasteiger charge is 2.45. The van der Waals surface area contributed by atoms with Gasteiger partial charge in [-0.1, -0.05) is 17.7 Å². The number of hydrogen-bond acceptors (Lipinski definition) is 4. The minimum atomic E-state index is -3.99. The number of nitrogens with one attached hydrogen (secondary N) is 1. The number of benzene rings is 1. The Morgan fingerprint density at radius 3 is 2.41 bits per heavy atom. The van der Waals surface area contributed by atoms with Gasteiger partial charge in [-0.2, -0.15) is 0 Å². The first-order valence-electron chi connectivity index (χ1n) is 7.34. The third-order valence-electron chi connectivity index (χ3n) is 3.96. The van der Waals surface area contributed by atoms with Crippen molar-refractivity contribution in [2.45, 2.75) is 49.6 Å². The molecule has 22 heavy (non-hydrogen) atoms. The van der Waals surface area contributed by atoms with Crippen LogP contribution >= 0.6 is 0 Å². The first-order chi connectivity index (χ1) is 10.4. The molecule has 7 heteroatoms. The Morgan fingerprint density at radius 2 is 1.82 bits per heavy atom. The van der Waals surface area contributed by atoms with Crippen LogP contribution in [-0.4, -0.2) is 36.6 Å². The fourth-order valence-electron chi connectivity index (χ4n) is 2.55. The molecular weight excluding hydrogens is 304 g/mol. The smallest absolute Gasteiger partial charge is 0.267 e. The summed E-state index contributed by atoms with van der Waals surface area (Å²) in [6.45, 7) is 1.85. The Balaban J connectivity index is 1.90. The Morgan fingerprint density at radius 1 is 1.18 bits per heavy atom. The number of amides is 2. The lowest BCUT2D eigenvalue weighted by atomic mass is 10.2. The molecule has 0 unspecified atom stereocenters. The predicted molar refractivity (Wildman–Crippen MR) is 79.4 cm³/mol. The molecule has 0 bridgehead atoms. The summed E-state index contributed by atoms with van der Waals surface area (Å²) in [5.74, 6) is -0.888. The molecule has 1 aromatic rings. The summed E-state index contributed by atoms with van der Waals surface area (Å²) in [4.78, 5) is 24.3. The summed E-state index contributed by atoms with van der Waals surface area (Å²) in [6, 6.07) is 5.48. The maximum Gasteiger partial charge on any atom is 0.267 e. The van der Waals surface area contributed by atoms with Gasteiger partial charge in [-0.25, -0.2) is 12.7 Å². The summed E-state index contributed by atoms with van der Waals surface area (Å²) in [5, 5.41) is 2.78. The van der Waals surface area contributed by atoms with Crippen LogP contribution in [0.5, 0.6) is 0 Å². The first kappa shape index (κ1) is 15.0. The molecule has 2 aliphatic rings. The SMILES string of the molecule is Cc1ccc(S(=O)(=O)N2C(=O)CC[C@@H]2C(=O)NC2CC2)cc1. The standard InChI is InChI=1S/C15H18N2O4S/c1-10-2-6-12(7-3-10)22(20,21)17-13(8-9-14(17)18)15(19)16-11-4-5-11/h2-3,6-7,11,13H,4-5,8-9H2,1H3,(H,16,19)/t13-/m1/s1. The molecule has 0 radical (unpaired) electrons. The molecule has 1 atom stereocenters. The van der Waals surface area contributed by atoms with Crippen molar-refractivity contribution in [1.29, 1.82) is 0 Å². The number of carbonyl (C=O) groups excluding carboxylic acids is 2. The van der Waals surface area contributed by atoms with E-state index in [-0.39, 0.29) is 29.7 Å². The maximum atomic E-state index is 12.7. The Kier molecular flexibility index (Phi) is 3.68. The van der Waals surface area contributed by atoms with E-state index in [1.165, 1.54) is 12.1 Å². The predicted octanol–water partition coefficient (Wildman–Crippen LogP) is 0.953. The number of aryl methyl sites for hydroxylation is 1. The second kappa shape index (κ2) is 5.39. The van der Waals surface area contributed by atoms with E-state index in [1.807, 2.05) is 6.92 Å². The minimum absolute atomic E-state index is 0.0394. The molecule has 0 spiro atoms. The number of sulfonamides is 1. The van der Waals surface area contributed by atoms with Crippen molar-refractivity contribution >= 4 is 21.8 Å². The summed E-state index contributed by atoms with van der Waals surface area (Å²) >= 11 is 0. The van der Waals surface area contributed by atoms with Gasteiger partial charge in [-0.05, 0) is 38.3 Å². The molecule has 1 aromatic carbocycles. The van der Waals surface area contributed by atoms with Gasteiger partial charge in [0.1, 0.15) is 6.04 Å². The summed E-state index contributed by atoms with van der Waals surface area (Å²) in [5.41, 5.74) is 0.926. The van der Waals surface area contributed by atoms with E-state index >= 15 is 0 Å². The highest BCUT2D eigenvalue weighted by atomic mass is 32.2. The van der Waals surface area contributed by atoms with Crippen molar-refractivity contribution in [2.75, 3.05) is 0 Å². The minimum Gasteiger partial charge on any atom is -0.352 e. The van der Waals surface area contributed by atoms with Gasteiger partial charge in [0.25, 0.3) is 10.0 Å². The molecule has 1 N–H and O–H groups in total. The average Bonchev–Trinajstić information content (AvgIpc) is 3.18. The van der Waals surface area contributed by atoms with Gasteiger partial charge in [0.2, 0.25) is 11.8 Å². The normalized spacial score (nSPS) is 22.0. The van der Waals surface area contributed by atoms with E-state index < -0.39 is 22.0 Å². The zero-order valence-electron chi connectivity index (χ0n) is 12.3. The lowest BCUT2D eigenvalue weighted by Gasteiger charge is -2.23. The largest absolute Gasteiger partial charge is 0.352 e. The Hall–Kier alpha value is -1.89. The van der Waals surface area contributed by atoms with E-state index in [9.17, 15) is 18.0 Å². The van der Waals surface area contributed by atoms with Gasteiger partial charge < -0.3 is 5.32 Å². The van der Waals surface area contributed by atoms with Crippen LogP contribution in [0.3, 0.4) is 0 Å². The lowest BCUT2D eigenvalue weighted by molar-refractivity contribution is -0.130. The quantitative estimate of drug-likeness (QED) is 0.895. The number of hydrogen-bond donors (Lipinski definition) is 1. The molecule has 1 aliphatic heterocycles. The number of carbonyl (C=O) groups is 2. The van der Waals surface area contributed by atoms with Crippen LogP contribution in [0.4, 0.5) is 0 Å². The molecule has 118 valence electrons. The summed E-state index contributed by atoms with van der Waals surface area (Å²) < 4.78 is 26.2. The topological polar surface area (TPSA) is 83.6 Å². The maximum absolute atomic E-state index is 12.7. The third-order valence-corrected chi connectivity index (χ3v) is 5.81. The second-order valence-corrected chi connectivity index (χ2v) is 7.66. The molecule has 1 heterocycles. The molecule has 6 nitrogen and oxygen atoms in total. The van der Waals surface area contributed by atoms with Gasteiger partial charge in [0.15, 0.2) is 0 Å². The Bertz CT molecular complexity index is 708. The van der Waals surface area contributed by atoms with Crippen LogP contribution in [0.2, 0.25) is 0 Å². The van der Waals surface area contributed by atoms with Crippen LogP contribution in [0, 0.1) is 6.92 Å². The van der Waals surface area contributed by atoms with E-state index in [2.05, 4.69) is 5.32 Å². The van der Waals surface area contributed by atoms with E-state index in [4.69, 9.17) is 0 Å². The lowest BCUT2D eigenvalue weighted by Crippen LogP contribution is -2.47. The van der Waals surface area contributed by atoms with Crippen LogP contribution in [0.1, 0.15) is 31.2 Å². The fraction of sp³-hybridized carbons (Fsp3) is 0.467. The van der Waals surface area contributed by atoms with Crippen molar-refractivity contribution in [3.8, 4) is 0 Å². The van der Waals surface area contributed by atoms with Crippen molar-refractivity contribution in [2.24, 2.45) is 0 Å². The van der Waals surface area contributed by atoms with Crippen molar-refractivity contribution in [3.63, 3.8) is 0 Å². The number of nitrogens with zero attached hydrogens (tertiary/aromatic N) is 1. The van der Waals surface area contributed by atoms with Gasteiger partial charge >= 0.3 is 0 Å². The average molecular weight is 322 g/mol. The molecule has 1 saturated carbocycles. The van der Waals surface area contributed by atoms with Crippen molar-refractivity contribution < 1.29 is 18.0 Å². The molecule has 1 aliphatic carbocycles. The van der Waals surface area contributed by atoms with Gasteiger partial charge in [0.05, 0.1) is 4.90 Å². The Labute approximate surface area is 129 Å². The van der Waals surface area contributed by atoms with Crippen LogP contribution in [0.25, 0.3) is 0 Å². The van der Waals surface area contributed by atoms with Crippen LogP contribution in [-0.2, 0) is 19.6 Å². The highest BCUT2D eigenvalue weighted by Crippen LogP contribution is 2.28. The molecule has 2 fully saturated rings. The first-order valence-corrected chi connectivity index (χ1v) is 8.78. The molecule has 1 saturated heterocycles. The third kappa shape index (κ3) is 2.72.